The van der Waals surface area contributed by atoms with E-state index >= 15 is 0 Å². The molecule has 5 nitrogen and oxygen atoms in total. The first-order valence-corrected chi connectivity index (χ1v) is 8.43. The Balaban J connectivity index is 3.26. The highest BCUT2D eigenvalue weighted by Gasteiger charge is 2.05. The van der Waals surface area contributed by atoms with Gasteiger partial charge >= 0.3 is 0 Å². The minimum atomic E-state index is -0.552. The van der Waals surface area contributed by atoms with E-state index < -0.39 is 6.10 Å². The summed E-state index contributed by atoms with van der Waals surface area (Å²) in [7, 11) is 0. The van der Waals surface area contributed by atoms with Crippen LogP contribution in [0.4, 0.5) is 0 Å². The maximum absolute atomic E-state index is 11.3. The lowest BCUT2D eigenvalue weighted by Crippen LogP contribution is -2.38. The number of unbranched alkanes of at least 4 members (excludes halogenated alkanes) is 5. The van der Waals surface area contributed by atoms with Gasteiger partial charge in [-0.25, -0.2) is 0 Å². The largest absolute Gasteiger partial charge is 0.389 e. The van der Waals surface area contributed by atoms with Gasteiger partial charge in [-0.15, -0.1) is 0 Å². The molecule has 0 aromatic heterocycles. The molecule has 0 spiro atoms. The fourth-order valence-electron chi connectivity index (χ4n) is 1.94. The number of carbonyl (C=O) groups is 1. The maximum atomic E-state index is 11.3. The molecule has 0 aliphatic carbocycles. The highest BCUT2D eigenvalue weighted by molar-refractivity contribution is 5.77. The molecule has 0 saturated carbocycles. The molecule has 0 rings (SSSR count). The van der Waals surface area contributed by atoms with E-state index in [1.807, 2.05) is 6.92 Å². The minimum Gasteiger partial charge on any atom is -0.389 e. The SMILES string of the molecule is CCCCCCCCOCC(O)CNCC(=O)NCCC. The Morgan fingerprint density at radius 3 is 2.52 bits per heavy atom. The standard InChI is InChI=1S/C16H34N2O3/c1-3-5-6-7-8-9-11-21-14-15(19)12-17-13-16(20)18-10-4-2/h15,17,19H,3-14H2,1-2H3,(H,18,20). The molecular formula is C16H34N2O3. The lowest BCUT2D eigenvalue weighted by atomic mass is 10.1. The average molecular weight is 302 g/mol. The van der Waals surface area contributed by atoms with E-state index in [0.717, 1.165) is 12.8 Å². The smallest absolute Gasteiger partial charge is 0.233 e. The van der Waals surface area contributed by atoms with Crippen molar-refractivity contribution in [1.82, 2.24) is 10.6 Å². The van der Waals surface area contributed by atoms with E-state index in [2.05, 4.69) is 17.6 Å². The summed E-state index contributed by atoms with van der Waals surface area (Å²) in [6.07, 6.45) is 7.81. The summed E-state index contributed by atoms with van der Waals surface area (Å²) in [5, 5.41) is 15.4. The third-order valence-corrected chi connectivity index (χ3v) is 3.19. The summed E-state index contributed by atoms with van der Waals surface area (Å²) in [5.41, 5.74) is 0. The Morgan fingerprint density at radius 2 is 1.81 bits per heavy atom. The van der Waals surface area contributed by atoms with Crippen molar-refractivity contribution < 1.29 is 14.6 Å². The van der Waals surface area contributed by atoms with Crippen LogP contribution in [0.25, 0.3) is 0 Å². The molecule has 0 fully saturated rings. The molecule has 0 heterocycles. The highest BCUT2D eigenvalue weighted by Crippen LogP contribution is 2.04. The fraction of sp³-hybridized carbons (Fsp3) is 0.938. The molecule has 0 aliphatic rings. The molecule has 1 amide bonds. The van der Waals surface area contributed by atoms with E-state index in [4.69, 9.17) is 4.74 Å². The molecule has 0 bridgehead atoms. The first-order valence-electron chi connectivity index (χ1n) is 8.43. The summed E-state index contributed by atoms with van der Waals surface area (Å²) in [4.78, 5) is 11.3. The zero-order valence-electron chi connectivity index (χ0n) is 13.8. The number of carbonyl (C=O) groups excluding carboxylic acids is 1. The predicted molar refractivity (Wildman–Crippen MR) is 86.4 cm³/mol. The van der Waals surface area contributed by atoms with Crippen LogP contribution in [0.1, 0.15) is 58.8 Å². The van der Waals surface area contributed by atoms with Crippen LogP contribution in [0, 0.1) is 0 Å². The average Bonchev–Trinajstić information content (AvgIpc) is 2.48. The van der Waals surface area contributed by atoms with E-state index in [9.17, 15) is 9.90 Å². The summed E-state index contributed by atoms with van der Waals surface area (Å²) in [6, 6.07) is 0. The van der Waals surface area contributed by atoms with Crippen LogP contribution in [-0.4, -0.2) is 50.0 Å². The summed E-state index contributed by atoms with van der Waals surface area (Å²) in [6.45, 7) is 6.60. The lowest BCUT2D eigenvalue weighted by Gasteiger charge is -2.12. The molecule has 1 unspecified atom stereocenters. The van der Waals surface area contributed by atoms with Gasteiger partial charge in [0.15, 0.2) is 0 Å². The molecule has 0 saturated heterocycles. The minimum absolute atomic E-state index is 0.0305. The number of rotatable bonds is 15. The Hall–Kier alpha value is -0.650. The maximum Gasteiger partial charge on any atom is 0.233 e. The molecule has 0 aromatic carbocycles. The van der Waals surface area contributed by atoms with Crippen molar-refractivity contribution in [3.8, 4) is 0 Å². The lowest BCUT2D eigenvalue weighted by molar-refractivity contribution is -0.120. The monoisotopic (exact) mass is 302 g/mol. The fourth-order valence-corrected chi connectivity index (χ4v) is 1.94. The van der Waals surface area contributed by atoms with E-state index in [1.54, 1.807) is 0 Å². The second-order valence-electron chi connectivity index (χ2n) is 5.48. The van der Waals surface area contributed by atoms with Crippen molar-refractivity contribution in [2.45, 2.75) is 64.9 Å². The normalized spacial score (nSPS) is 12.3. The number of aliphatic hydroxyl groups excluding tert-OH is 1. The Kier molecular flexibility index (Phi) is 15.2. The number of nitrogens with one attached hydrogen (secondary N) is 2. The van der Waals surface area contributed by atoms with Crippen LogP contribution in [0.15, 0.2) is 0 Å². The van der Waals surface area contributed by atoms with Crippen LogP contribution in [0.2, 0.25) is 0 Å². The van der Waals surface area contributed by atoms with E-state index in [0.29, 0.717) is 26.3 Å². The van der Waals surface area contributed by atoms with E-state index in [1.165, 1.54) is 32.1 Å². The van der Waals surface area contributed by atoms with Crippen molar-refractivity contribution in [2.75, 3.05) is 32.8 Å². The number of hydrogen-bond donors (Lipinski definition) is 3. The number of amides is 1. The molecule has 21 heavy (non-hydrogen) atoms. The molecule has 126 valence electrons. The molecule has 1 atom stereocenters. The first-order chi connectivity index (χ1) is 10.2. The van der Waals surface area contributed by atoms with Gasteiger partial charge in [0.2, 0.25) is 5.91 Å². The van der Waals surface area contributed by atoms with Crippen LogP contribution in [-0.2, 0) is 9.53 Å². The van der Waals surface area contributed by atoms with Gasteiger partial charge in [0.1, 0.15) is 0 Å². The van der Waals surface area contributed by atoms with Crippen molar-refractivity contribution in [2.24, 2.45) is 0 Å². The quantitative estimate of drug-likeness (QED) is 0.404. The summed E-state index contributed by atoms with van der Waals surface area (Å²) >= 11 is 0. The van der Waals surface area contributed by atoms with Crippen molar-refractivity contribution in [1.29, 1.82) is 0 Å². The van der Waals surface area contributed by atoms with E-state index in [-0.39, 0.29) is 12.5 Å². The highest BCUT2D eigenvalue weighted by atomic mass is 16.5. The van der Waals surface area contributed by atoms with Crippen molar-refractivity contribution in [3.05, 3.63) is 0 Å². The molecule has 0 aromatic rings. The van der Waals surface area contributed by atoms with Gasteiger partial charge in [-0.3, -0.25) is 4.79 Å². The molecule has 3 N–H and O–H groups in total. The van der Waals surface area contributed by atoms with Crippen LogP contribution < -0.4 is 10.6 Å². The van der Waals surface area contributed by atoms with Gasteiger partial charge in [0.25, 0.3) is 0 Å². The Bertz CT molecular complexity index is 238. The summed E-state index contributed by atoms with van der Waals surface area (Å²) in [5.74, 6) is -0.0305. The van der Waals surface area contributed by atoms with Crippen LogP contribution >= 0.6 is 0 Å². The van der Waals surface area contributed by atoms with Crippen LogP contribution in [0.5, 0.6) is 0 Å². The number of ether oxygens (including phenoxy) is 1. The number of aliphatic hydroxyl groups is 1. The van der Waals surface area contributed by atoms with Gasteiger partial charge in [-0.05, 0) is 12.8 Å². The topological polar surface area (TPSA) is 70.6 Å². The van der Waals surface area contributed by atoms with Gasteiger partial charge in [-0.2, -0.15) is 0 Å². The summed E-state index contributed by atoms with van der Waals surface area (Å²) < 4.78 is 5.43. The second kappa shape index (κ2) is 15.7. The zero-order valence-corrected chi connectivity index (χ0v) is 13.8. The zero-order chi connectivity index (χ0) is 15.8. The van der Waals surface area contributed by atoms with Crippen molar-refractivity contribution >= 4 is 5.91 Å². The molecular weight excluding hydrogens is 268 g/mol. The third-order valence-electron chi connectivity index (χ3n) is 3.19. The Morgan fingerprint density at radius 1 is 1.10 bits per heavy atom. The van der Waals surface area contributed by atoms with Crippen molar-refractivity contribution in [3.63, 3.8) is 0 Å². The van der Waals surface area contributed by atoms with Gasteiger partial charge in [0.05, 0.1) is 19.3 Å². The molecule has 0 radical (unpaired) electrons. The van der Waals surface area contributed by atoms with Gasteiger partial charge < -0.3 is 20.5 Å². The second-order valence-corrected chi connectivity index (χ2v) is 5.48. The Labute approximate surface area is 129 Å². The molecule has 0 aliphatic heterocycles. The first kappa shape index (κ1) is 20.3. The molecule has 5 heteroatoms. The number of hydrogen-bond acceptors (Lipinski definition) is 4. The van der Waals surface area contributed by atoms with Gasteiger partial charge in [-0.1, -0.05) is 46.0 Å². The third kappa shape index (κ3) is 15.6. The van der Waals surface area contributed by atoms with Crippen LogP contribution in [0.3, 0.4) is 0 Å². The van der Waals surface area contributed by atoms with Gasteiger partial charge in [0, 0.05) is 19.7 Å². The predicted octanol–water partition coefficient (Wildman–Crippen LogP) is 1.84.